The molecule has 3 nitrogen and oxygen atoms in total. The molecule has 0 heterocycles. The van der Waals surface area contributed by atoms with Gasteiger partial charge >= 0.3 is 0 Å². The Morgan fingerprint density at radius 3 is 0.828 bits per heavy atom. The molecule has 660 valence electrons. The van der Waals surface area contributed by atoms with Gasteiger partial charge in [0.1, 0.15) is 22.8 Å². The van der Waals surface area contributed by atoms with Gasteiger partial charge in [0.05, 0.1) is 57.3 Å². The van der Waals surface area contributed by atoms with Gasteiger partial charge in [-0.1, -0.05) is 289 Å². The van der Waals surface area contributed by atoms with Gasteiger partial charge in [0, 0.05) is 0 Å². The van der Waals surface area contributed by atoms with Crippen LogP contribution < -0.4 is 59.4 Å². The molecule has 1 fully saturated rings. The summed E-state index contributed by atoms with van der Waals surface area (Å²) < 4.78 is 19.4. The number of benzene rings is 15. The minimum absolute atomic E-state index is 0.0278. The molecule has 0 atom stereocenters. The van der Waals surface area contributed by atoms with Crippen LogP contribution in [0.5, 0.6) is 17.2 Å². The second-order valence-electron chi connectivity index (χ2n) is 35.0. The number of methoxy groups -OCH3 is 1. The molecular weight excluding hydrogens is 1880 g/mol. The standard InChI is InChI=1S/C24H25S.2C22H23OS.C22H23S.C11H16I.C10H14I.C7H8OS/c1-4-10-20(11-5-1)21-16-18-24(19-17-21)25(22-12-6-2-7-13-22)23-14-8-3-9-15-23;1-22(2,3)23-18-14-16-21(17-15-18)24(19-10-6-4-7-11-19)20-12-8-5-9-13-20;1-2-3-18-23-19-14-16-22(17-15-19)24(20-10-6-4-7-11-20)21-12-8-5-9-13-21;1-22(2,3)18-14-16-21(17-15-18)23(19-10-6-4-7-11-19)20-12-8-5-9-13-20;1-4-11(2,3)9-5-7-10(12)8-6-9;1-10(2,3)8-4-6-9(11)7-5-8;1-8-6-2-4-7(9)5-3-6/h2-3,6-9,12-20H,1,4-5,10-11H2;4-17H,1-3H3;4-17H,2-3,18H2,1H3;4-17H,1-3H3;5-8,12H,4H2,1-3H3;4-7,11H,1-3H3;2-5,9H,1H3/q6*+1;/p+1. The van der Waals surface area contributed by atoms with Crippen LogP contribution in [-0.2, 0) is 72.5 Å². The molecule has 0 spiro atoms. The number of rotatable bonds is 21. The van der Waals surface area contributed by atoms with Crippen molar-refractivity contribution in [1.29, 1.82) is 0 Å². The van der Waals surface area contributed by atoms with Gasteiger partial charge in [-0.3, -0.25) is 0 Å². The zero-order valence-electron chi connectivity index (χ0n) is 77.4. The minimum Gasteiger partial charge on any atom is -0.497 e. The van der Waals surface area contributed by atoms with Crippen molar-refractivity contribution in [3.8, 4) is 17.2 Å². The van der Waals surface area contributed by atoms with E-state index in [-0.39, 0.29) is 60.0 Å². The van der Waals surface area contributed by atoms with Crippen LogP contribution >= 0.6 is 0 Å². The van der Waals surface area contributed by atoms with E-state index in [1.54, 1.807) is 7.11 Å². The highest BCUT2D eigenvalue weighted by Gasteiger charge is 2.33. The molecule has 0 bridgehead atoms. The summed E-state index contributed by atoms with van der Waals surface area (Å²) >= 11 is 7.47. The van der Waals surface area contributed by atoms with Crippen molar-refractivity contribution in [3.63, 3.8) is 0 Å². The SMILES string of the molecule is CC(C)(C)Oc1ccc([S+](c2ccccc2)c2ccccc2)cc1.CC(C)(C)c1ccc([IH+])cc1.CC(C)(C)c1ccc([S+](c2ccccc2)c2ccccc2)cc1.CCC(C)(C)c1ccc([IH+])cc1.CCCCOc1ccc([S+](c2ccccc2)c2ccccc2)cc1.COc1ccc([SH2+])cc1.c1ccc([S+](c2ccccc2)c2ccc(C3CCCCC3)cc2)cc1. The highest BCUT2D eigenvalue weighted by Crippen LogP contribution is 2.39. The Labute approximate surface area is 813 Å². The van der Waals surface area contributed by atoms with Gasteiger partial charge in [0.2, 0.25) is 0 Å². The van der Waals surface area contributed by atoms with Crippen molar-refractivity contribution in [2.45, 2.75) is 233 Å². The lowest BCUT2D eigenvalue weighted by Gasteiger charge is -2.22. The lowest BCUT2D eigenvalue weighted by atomic mass is 9.82. The molecule has 15 aromatic carbocycles. The second-order valence-corrected chi connectivity index (χ2v) is 46.4. The van der Waals surface area contributed by atoms with E-state index < -0.39 is 0 Å². The van der Waals surface area contributed by atoms with Crippen LogP contribution in [0.25, 0.3) is 0 Å². The zero-order chi connectivity index (χ0) is 91.2. The minimum atomic E-state index is -0.179. The van der Waals surface area contributed by atoms with Crippen LogP contribution in [0.2, 0.25) is 0 Å². The average molecular weight is 2010 g/mol. The quantitative estimate of drug-likeness (QED) is 0.0408. The van der Waals surface area contributed by atoms with E-state index in [1.165, 1.54) is 127 Å². The predicted octanol–water partition coefficient (Wildman–Crippen LogP) is 25.2. The summed E-state index contributed by atoms with van der Waals surface area (Å²) in [5.41, 5.74) is 6.39. The molecule has 128 heavy (non-hydrogen) atoms. The normalized spacial score (nSPS) is 12.0. The van der Waals surface area contributed by atoms with Gasteiger partial charge in [-0.2, -0.15) is 0 Å². The van der Waals surface area contributed by atoms with Crippen LogP contribution in [0.1, 0.15) is 170 Å². The molecule has 15 aromatic rings. The Kier molecular flexibility index (Phi) is 41.1. The summed E-state index contributed by atoms with van der Waals surface area (Å²) in [7, 11) is 1.39. The van der Waals surface area contributed by atoms with Crippen LogP contribution in [0.4, 0.5) is 0 Å². The molecule has 0 amide bonds. The predicted molar refractivity (Wildman–Crippen MR) is 548 cm³/mol. The highest BCUT2D eigenvalue weighted by molar-refractivity contribution is 7.98. The third-order valence-electron chi connectivity index (χ3n) is 21.6. The maximum atomic E-state index is 5.95. The molecule has 1 saturated carbocycles. The van der Waals surface area contributed by atoms with Crippen molar-refractivity contribution in [1.82, 2.24) is 0 Å². The van der Waals surface area contributed by atoms with Crippen molar-refractivity contribution < 1.29 is 59.4 Å². The average Bonchev–Trinajstić information content (AvgIpc) is 0.831. The third kappa shape index (κ3) is 33.1. The Hall–Kier alpha value is -9.09. The van der Waals surface area contributed by atoms with Gasteiger partial charge in [-0.25, -0.2) is 0 Å². The Morgan fingerprint density at radius 1 is 0.297 bits per heavy atom. The number of hydrogen-bond acceptors (Lipinski definition) is 3. The van der Waals surface area contributed by atoms with E-state index in [4.69, 9.17) is 14.2 Å². The van der Waals surface area contributed by atoms with E-state index in [1.807, 2.05) is 46.9 Å². The molecule has 1 aliphatic carbocycles. The number of ether oxygens (including phenoxy) is 3. The number of unbranched alkanes of at least 4 members (excludes halogenated alkanes) is 1. The van der Waals surface area contributed by atoms with Crippen molar-refractivity contribution in [2.75, 3.05) is 13.7 Å². The number of halogens is 2. The maximum Gasteiger partial charge on any atom is 0.296 e. The first-order chi connectivity index (χ1) is 61.8. The maximum absolute atomic E-state index is 5.95. The highest BCUT2D eigenvalue weighted by atomic mass is 127. The van der Waals surface area contributed by atoms with Crippen molar-refractivity contribution in [2.24, 2.45) is 0 Å². The van der Waals surface area contributed by atoms with Crippen LogP contribution in [-0.4, -0.2) is 19.3 Å². The molecule has 0 saturated heterocycles. The fourth-order valence-corrected chi connectivity index (χ4v) is 23.4. The van der Waals surface area contributed by atoms with Crippen molar-refractivity contribution in [3.05, 3.63) is 442 Å². The van der Waals surface area contributed by atoms with Gasteiger partial charge in [-0.05, 0) is 322 Å². The van der Waals surface area contributed by atoms with Gasteiger partial charge in [0.15, 0.2) is 70.8 Å². The van der Waals surface area contributed by atoms with E-state index in [2.05, 4.69) is 513 Å². The molecule has 0 radical (unpaired) electrons. The van der Waals surface area contributed by atoms with Crippen LogP contribution in [0.15, 0.2) is 476 Å². The summed E-state index contributed by atoms with van der Waals surface area (Å²) in [6.45, 7) is 29.5. The summed E-state index contributed by atoms with van der Waals surface area (Å²) in [4.78, 5) is 17.3. The van der Waals surface area contributed by atoms with Crippen LogP contribution in [0.3, 0.4) is 0 Å². The molecule has 10 heteroatoms. The lowest BCUT2D eigenvalue weighted by Crippen LogP contribution is -3.34. The first kappa shape index (κ1) is 101. The molecule has 0 aliphatic heterocycles. The van der Waals surface area contributed by atoms with E-state index in [0.29, 0.717) is 5.41 Å². The van der Waals surface area contributed by atoms with Crippen LogP contribution in [0, 0.1) is 7.14 Å². The lowest BCUT2D eigenvalue weighted by molar-refractivity contribution is -0.328. The summed E-state index contributed by atoms with van der Waals surface area (Å²) in [6.07, 6.45) is 10.4. The monoisotopic (exact) mass is 2010 g/mol. The molecular formula is C118H133I2O3S5+7. The second kappa shape index (κ2) is 52.1. The largest absolute Gasteiger partial charge is 0.497 e. The van der Waals surface area contributed by atoms with Gasteiger partial charge in [0.25, 0.3) is 45.2 Å². The first-order valence-corrected chi connectivity index (χ1v) is 52.5. The Morgan fingerprint density at radius 2 is 0.555 bits per heavy atom. The molecule has 16 rings (SSSR count). The molecule has 0 unspecified atom stereocenters. The van der Waals surface area contributed by atoms with E-state index in [9.17, 15) is 0 Å². The van der Waals surface area contributed by atoms with E-state index in [0.717, 1.165) is 47.5 Å². The van der Waals surface area contributed by atoms with Gasteiger partial charge < -0.3 is 14.2 Å². The topological polar surface area (TPSA) is 27.7 Å². The number of hydrogen-bond donors (Lipinski definition) is 0. The zero-order valence-corrected chi connectivity index (χ0v) is 86.3. The molecule has 0 N–H and O–H groups in total. The fraction of sp³-hybridized carbons (Fsp3) is 0.237. The van der Waals surface area contributed by atoms with Gasteiger partial charge in [-0.15, -0.1) is 0 Å². The van der Waals surface area contributed by atoms with E-state index >= 15 is 0 Å². The first-order valence-electron chi connectivity index (χ1n) is 44.8. The summed E-state index contributed by atoms with van der Waals surface area (Å²) in [5.74, 6) is 3.53. The summed E-state index contributed by atoms with van der Waals surface area (Å²) in [5, 5.41) is 0. The fourth-order valence-electron chi connectivity index (χ4n) is 14.1. The molecule has 1 aliphatic rings. The molecule has 0 aromatic heterocycles. The Bertz CT molecular complexity index is 5390. The third-order valence-corrected chi connectivity index (χ3v) is 32.4. The smallest absolute Gasteiger partial charge is 0.296 e. The Balaban J connectivity index is 0.000000160. The summed E-state index contributed by atoms with van der Waals surface area (Å²) in [6, 6.07) is 147. The van der Waals surface area contributed by atoms with Crippen molar-refractivity contribution >= 4 is 56.2 Å².